The Labute approximate surface area is 106 Å². The summed E-state index contributed by atoms with van der Waals surface area (Å²) in [4.78, 5) is 20.5. The molecule has 7 heteroatoms. The normalized spacial score (nSPS) is 12.0. The van der Waals surface area contributed by atoms with Gasteiger partial charge in [-0.2, -0.15) is 4.98 Å². The van der Waals surface area contributed by atoms with Crippen LogP contribution in [0, 0.1) is 10.1 Å². The molecule has 1 heterocycles. The number of nitrogens with one attached hydrogen (secondary N) is 1. The molecule has 7 nitrogen and oxygen atoms in total. The van der Waals surface area contributed by atoms with E-state index in [1.54, 1.807) is 11.9 Å². The van der Waals surface area contributed by atoms with Crippen molar-refractivity contribution in [2.75, 3.05) is 23.8 Å². The summed E-state index contributed by atoms with van der Waals surface area (Å²) >= 11 is 0. The summed E-state index contributed by atoms with van der Waals surface area (Å²) in [5.74, 6) is 0.758. The molecule has 0 aliphatic rings. The Morgan fingerprint density at radius 2 is 2.22 bits per heavy atom. The Balaban J connectivity index is 3.18. The average molecular weight is 253 g/mol. The van der Waals surface area contributed by atoms with Crippen molar-refractivity contribution in [2.24, 2.45) is 0 Å². The molecule has 0 spiro atoms. The van der Waals surface area contributed by atoms with Gasteiger partial charge in [-0.3, -0.25) is 10.1 Å². The number of hydrogen-bond donors (Lipinski definition) is 1. The summed E-state index contributed by atoms with van der Waals surface area (Å²) in [6.07, 6.45) is 2.13. The van der Waals surface area contributed by atoms with Crippen molar-refractivity contribution in [3.63, 3.8) is 0 Å². The first-order valence-electron chi connectivity index (χ1n) is 5.99. The summed E-state index contributed by atoms with van der Waals surface area (Å²) in [7, 11) is 1.80. The summed E-state index contributed by atoms with van der Waals surface area (Å²) in [5, 5.41) is 13.9. The number of nitro groups is 1. The Morgan fingerprint density at radius 3 is 2.72 bits per heavy atom. The molecule has 18 heavy (non-hydrogen) atoms. The van der Waals surface area contributed by atoms with Crippen molar-refractivity contribution in [3.8, 4) is 0 Å². The predicted octanol–water partition coefficient (Wildman–Crippen LogP) is 2.05. The maximum Gasteiger partial charge on any atom is 0.329 e. The molecule has 0 saturated carbocycles. The minimum Gasteiger partial charge on any atom is -0.354 e. The molecular weight excluding hydrogens is 234 g/mol. The van der Waals surface area contributed by atoms with Crippen LogP contribution in [0.4, 0.5) is 17.5 Å². The van der Waals surface area contributed by atoms with E-state index in [2.05, 4.69) is 15.3 Å². The number of rotatable bonds is 6. The van der Waals surface area contributed by atoms with E-state index < -0.39 is 4.92 Å². The second kappa shape index (κ2) is 6.13. The molecule has 1 aromatic heterocycles. The number of anilines is 2. The third-order valence-corrected chi connectivity index (χ3v) is 2.87. The highest BCUT2D eigenvalue weighted by atomic mass is 16.6. The van der Waals surface area contributed by atoms with Crippen molar-refractivity contribution in [2.45, 2.75) is 33.2 Å². The van der Waals surface area contributed by atoms with Crippen LogP contribution in [0.3, 0.4) is 0 Å². The fourth-order valence-electron chi connectivity index (χ4n) is 1.48. The van der Waals surface area contributed by atoms with Crippen LogP contribution in [0.25, 0.3) is 0 Å². The second-order valence-electron chi connectivity index (χ2n) is 4.06. The molecule has 1 unspecified atom stereocenters. The molecule has 0 amide bonds. The van der Waals surface area contributed by atoms with Gasteiger partial charge in [0.1, 0.15) is 6.20 Å². The lowest BCUT2D eigenvalue weighted by atomic mass is 10.2. The quantitative estimate of drug-likeness (QED) is 0.617. The van der Waals surface area contributed by atoms with Gasteiger partial charge in [-0.15, -0.1) is 0 Å². The largest absolute Gasteiger partial charge is 0.354 e. The van der Waals surface area contributed by atoms with E-state index in [1.165, 1.54) is 6.20 Å². The summed E-state index contributed by atoms with van der Waals surface area (Å²) in [5.41, 5.74) is -0.0700. The lowest BCUT2D eigenvalue weighted by Crippen LogP contribution is -2.29. The van der Waals surface area contributed by atoms with Crippen LogP contribution in [-0.2, 0) is 0 Å². The van der Waals surface area contributed by atoms with Gasteiger partial charge in [0.25, 0.3) is 0 Å². The molecule has 0 saturated heterocycles. The zero-order chi connectivity index (χ0) is 13.7. The van der Waals surface area contributed by atoms with E-state index in [-0.39, 0.29) is 11.7 Å². The SMILES string of the molecule is CCNc1ncc([N+](=O)[O-])c(N(C)C(C)CC)n1. The van der Waals surface area contributed by atoms with Crippen molar-refractivity contribution in [1.29, 1.82) is 0 Å². The van der Waals surface area contributed by atoms with Crippen molar-refractivity contribution in [3.05, 3.63) is 16.3 Å². The summed E-state index contributed by atoms with van der Waals surface area (Å²) in [6.45, 7) is 6.62. The molecule has 0 aromatic carbocycles. The van der Waals surface area contributed by atoms with E-state index in [0.717, 1.165) is 6.42 Å². The highest BCUT2D eigenvalue weighted by molar-refractivity contribution is 5.58. The van der Waals surface area contributed by atoms with Gasteiger partial charge < -0.3 is 10.2 Å². The maximum atomic E-state index is 11.0. The second-order valence-corrected chi connectivity index (χ2v) is 4.06. The molecule has 100 valence electrons. The molecule has 1 rings (SSSR count). The van der Waals surface area contributed by atoms with E-state index in [9.17, 15) is 10.1 Å². The first-order valence-corrected chi connectivity index (χ1v) is 5.99. The Hall–Kier alpha value is -1.92. The molecule has 0 aliphatic carbocycles. The van der Waals surface area contributed by atoms with E-state index in [1.807, 2.05) is 20.8 Å². The topological polar surface area (TPSA) is 84.2 Å². The van der Waals surface area contributed by atoms with Crippen molar-refractivity contribution < 1.29 is 4.92 Å². The van der Waals surface area contributed by atoms with Gasteiger partial charge in [-0.25, -0.2) is 4.98 Å². The number of nitrogens with zero attached hydrogens (tertiary/aromatic N) is 4. The third-order valence-electron chi connectivity index (χ3n) is 2.87. The van der Waals surface area contributed by atoms with Gasteiger partial charge >= 0.3 is 5.69 Å². The minimum atomic E-state index is -0.454. The highest BCUT2D eigenvalue weighted by Crippen LogP contribution is 2.26. The monoisotopic (exact) mass is 253 g/mol. The number of hydrogen-bond acceptors (Lipinski definition) is 6. The molecular formula is C11H19N5O2. The van der Waals surface area contributed by atoms with Crippen molar-refractivity contribution >= 4 is 17.5 Å². The average Bonchev–Trinajstić information content (AvgIpc) is 2.37. The lowest BCUT2D eigenvalue weighted by Gasteiger charge is -2.24. The fourth-order valence-corrected chi connectivity index (χ4v) is 1.48. The van der Waals surface area contributed by atoms with Crippen LogP contribution >= 0.6 is 0 Å². The zero-order valence-corrected chi connectivity index (χ0v) is 11.2. The van der Waals surface area contributed by atoms with Gasteiger partial charge in [0.05, 0.1) is 4.92 Å². The van der Waals surface area contributed by atoms with Crippen LogP contribution in [0.15, 0.2) is 6.20 Å². The third kappa shape index (κ3) is 3.06. The van der Waals surface area contributed by atoms with E-state index in [4.69, 9.17) is 0 Å². The molecule has 0 aliphatic heterocycles. The van der Waals surface area contributed by atoms with Gasteiger partial charge in [0, 0.05) is 19.6 Å². The maximum absolute atomic E-state index is 11.0. The first-order chi connectivity index (χ1) is 8.51. The van der Waals surface area contributed by atoms with Gasteiger partial charge in [-0.05, 0) is 20.3 Å². The van der Waals surface area contributed by atoms with Gasteiger partial charge in [-0.1, -0.05) is 6.92 Å². The first kappa shape index (κ1) is 14.1. The Bertz CT molecular complexity index is 424. The molecule has 0 bridgehead atoms. The highest BCUT2D eigenvalue weighted by Gasteiger charge is 2.22. The van der Waals surface area contributed by atoms with Crippen LogP contribution in [0.5, 0.6) is 0 Å². The molecule has 1 atom stereocenters. The van der Waals surface area contributed by atoms with Crippen LogP contribution < -0.4 is 10.2 Å². The standard InChI is InChI=1S/C11H19N5O2/c1-5-8(3)15(4)10-9(16(17)18)7-13-11(14-10)12-6-2/h7-8H,5-6H2,1-4H3,(H,12,13,14). The smallest absolute Gasteiger partial charge is 0.329 e. The van der Waals surface area contributed by atoms with E-state index >= 15 is 0 Å². The van der Waals surface area contributed by atoms with Gasteiger partial charge in [0.2, 0.25) is 11.8 Å². The summed E-state index contributed by atoms with van der Waals surface area (Å²) < 4.78 is 0. The van der Waals surface area contributed by atoms with Crippen LogP contribution in [0.1, 0.15) is 27.2 Å². The van der Waals surface area contributed by atoms with Crippen LogP contribution in [0.2, 0.25) is 0 Å². The molecule has 0 fully saturated rings. The predicted molar refractivity (Wildman–Crippen MR) is 71.0 cm³/mol. The Kier molecular flexibility index (Phi) is 4.82. The van der Waals surface area contributed by atoms with Crippen molar-refractivity contribution in [1.82, 2.24) is 9.97 Å². The summed E-state index contributed by atoms with van der Waals surface area (Å²) in [6, 6.07) is 0.174. The minimum absolute atomic E-state index is 0.0700. The molecule has 1 N–H and O–H groups in total. The number of aromatic nitrogens is 2. The fraction of sp³-hybridized carbons (Fsp3) is 0.636. The van der Waals surface area contributed by atoms with Gasteiger partial charge in [0.15, 0.2) is 0 Å². The zero-order valence-electron chi connectivity index (χ0n) is 11.2. The van der Waals surface area contributed by atoms with Crippen LogP contribution in [-0.4, -0.2) is 34.5 Å². The Morgan fingerprint density at radius 1 is 1.56 bits per heavy atom. The molecule has 1 aromatic rings. The van der Waals surface area contributed by atoms with E-state index in [0.29, 0.717) is 18.3 Å². The molecule has 0 radical (unpaired) electrons. The lowest BCUT2D eigenvalue weighted by molar-refractivity contribution is -0.384.